The number of hydrogen-bond donors (Lipinski definition) is 0. The van der Waals surface area contributed by atoms with Gasteiger partial charge in [-0.1, -0.05) is 0 Å². The molecule has 1 aromatic heterocycles. The van der Waals surface area contributed by atoms with Crippen molar-refractivity contribution in [1.82, 2.24) is 19.8 Å². The molecule has 0 N–H and O–H groups in total. The van der Waals surface area contributed by atoms with Crippen molar-refractivity contribution in [1.29, 1.82) is 0 Å². The van der Waals surface area contributed by atoms with E-state index in [0.29, 0.717) is 45.1 Å². The molecule has 0 unspecified atom stereocenters. The standard InChI is InChI=1S/C15H22N4O4/c1-22-7-5-18(6-8-23-2)14(20)12-10-19(11-12)15(21)13-9-16-3-4-17-13/h3-4,9,12H,5-8,10-11H2,1-2H3. The number of methoxy groups -OCH3 is 2. The molecule has 1 aliphatic rings. The molecule has 2 amide bonds. The van der Waals surface area contributed by atoms with Crippen molar-refractivity contribution in [2.45, 2.75) is 0 Å². The molecular weight excluding hydrogens is 300 g/mol. The number of amides is 2. The summed E-state index contributed by atoms with van der Waals surface area (Å²) in [4.78, 5) is 35.9. The van der Waals surface area contributed by atoms with Gasteiger partial charge in [-0.15, -0.1) is 0 Å². The maximum absolute atomic E-state index is 12.5. The molecule has 2 heterocycles. The summed E-state index contributed by atoms with van der Waals surface area (Å²) in [6.45, 7) is 2.81. The fourth-order valence-corrected chi connectivity index (χ4v) is 2.37. The van der Waals surface area contributed by atoms with E-state index < -0.39 is 0 Å². The molecule has 1 fully saturated rings. The normalized spacial score (nSPS) is 14.4. The molecule has 126 valence electrons. The molecule has 2 rings (SSSR count). The van der Waals surface area contributed by atoms with Crippen molar-refractivity contribution < 1.29 is 19.1 Å². The number of nitrogens with zero attached hydrogens (tertiary/aromatic N) is 4. The van der Waals surface area contributed by atoms with Gasteiger partial charge in [-0.2, -0.15) is 0 Å². The Morgan fingerprint density at radius 2 is 1.87 bits per heavy atom. The number of aromatic nitrogens is 2. The van der Waals surface area contributed by atoms with Gasteiger partial charge in [0.15, 0.2) is 0 Å². The van der Waals surface area contributed by atoms with E-state index in [1.54, 1.807) is 24.0 Å². The van der Waals surface area contributed by atoms with Crippen LogP contribution in [-0.4, -0.2) is 85.2 Å². The van der Waals surface area contributed by atoms with Gasteiger partial charge < -0.3 is 19.3 Å². The van der Waals surface area contributed by atoms with E-state index in [2.05, 4.69) is 9.97 Å². The van der Waals surface area contributed by atoms with Gasteiger partial charge in [-0.3, -0.25) is 14.6 Å². The second kappa shape index (κ2) is 8.54. The van der Waals surface area contributed by atoms with Crippen LogP contribution in [0.3, 0.4) is 0 Å². The first-order valence-corrected chi connectivity index (χ1v) is 7.49. The third-order valence-electron chi connectivity index (χ3n) is 3.74. The molecule has 23 heavy (non-hydrogen) atoms. The minimum absolute atomic E-state index is 0.0299. The highest BCUT2D eigenvalue weighted by Crippen LogP contribution is 2.20. The molecule has 0 aromatic carbocycles. The number of ether oxygens (including phenoxy) is 2. The van der Waals surface area contributed by atoms with E-state index in [0.717, 1.165) is 0 Å². The van der Waals surface area contributed by atoms with Crippen molar-refractivity contribution in [3.63, 3.8) is 0 Å². The minimum atomic E-state index is -0.192. The van der Waals surface area contributed by atoms with Gasteiger partial charge >= 0.3 is 0 Å². The van der Waals surface area contributed by atoms with E-state index in [-0.39, 0.29) is 17.7 Å². The fraction of sp³-hybridized carbons (Fsp3) is 0.600. The van der Waals surface area contributed by atoms with E-state index in [1.165, 1.54) is 18.6 Å². The third-order valence-corrected chi connectivity index (χ3v) is 3.74. The van der Waals surface area contributed by atoms with Crippen molar-refractivity contribution in [3.05, 3.63) is 24.3 Å². The summed E-state index contributed by atoms with van der Waals surface area (Å²) in [5.74, 6) is -0.339. The molecule has 8 nitrogen and oxygen atoms in total. The highest BCUT2D eigenvalue weighted by atomic mass is 16.5. The van der Waals surface area contributed by atoms with Crippen LogP contribution < -0.4 is 0 Å². The summed E-state index contributed by atoms with van der Waals surface area (Å²) in [7, 11) is 3.20. The maximum Gasteiger partial charge on any atom is 0.274 e. The van der Waals surface area contributed by atoms with E-state index in [4.69, 9.17) is 9.47 Å². The predicted molar refractivity (Wildman–Crippen MR) is 81.8 cm³/mol. The number of likely N-dealkylation sites (tertiary alicyclic amines) is 1. The highest BCUT2D eigenvalue weighted by Gasteiger charge is 2.38. The summed E-state index contributed by atoms with van der Waals surface area (Å²) in [5, 5.41) is 0. The first kappa shape index (κ1) is 17.3. The summed E-state index contributed by atoms with van der Waals surface area (Å²) in [5.41, 5.74) is 0.300. The first-order chi connectivity index (χ1) is 11.2. The summed E-state index contributed by atoms with van der Waals surface area (Å²) in [6, 6.07) is 0. The summed E-state index contributed by atoms with van der Waals surface area (Å²) < 4.78 is 10.1. The lowest BCUT2D eigenvalue weighted by molar-refractivity contribution is -0.141. The lowest BCUT2D eigenvalue weighted by Gasteiger charge is -2.40. The zero-order valence-corrected chi connectivity index (χ0v) is 13.5. The summed E-state index contributed by atoms with van der Waals surface area (Å²) in [6.07, 6.45) is 4.43. The largest absolute Gasteiger partial charge is 0.383 e. The van der Waals surface area contributed by atoms with Crippen LogP contribution >= 0.6 is 0 Å². The van der Waals surface area contributed by atoms with Crippen molar-refractivity contribution in [2.24, 2.45) is 5.92 Å². The summed E-state index contributed by atoms with van der Waals surface area (Å²) >= 11 is 0. The van der Waals surface area contributed by atoms with Crippen LogP contribution in [0.25, 0.3) is 0 Å². The Balaban J connectivity index is 1.86. The highest BCUT2D eigenvalue weighted by molar-refractivity contribution is 5.94. The molecule has 0 atom stereocenters. The van der Waals surface area contributed by atoms with Crippen molar-refractivity contribution >= 4 is 11.8 Å². The van der Waals surface area contributed by atoms with Crippen molar-refractivity contribution in [3.8, 4) is 0 Å². The molecule has 1 aliphatic heterocycles. The van der Waals surface area contributed by atoms with Gasteiger partial charge in [0.05, 0.1) is 25.3 Å². The van der Waals surface area contributed by atoms with Gasteiger partial charge in [-0.25, -0.2) is 4.98 Å². The average molecular weight is 322 g/mol. The van der Waals surface area contributed by atoms with Crippen LogP contribution in [-0.2, 0) is 14.3 Å². The molecular formula is C15H22N4O4. The molecule has 1 aromatic rings. The van der Waals surface area contributed by atoms with E-state index >= 15 is 0 Å². The monoisotopic (exact) mass is 322 g/mol. The van der Waals surface area contributed by atoms with Crippen LogP contribution in [0.1, 0.15) is 10.5 Å². The third kappa shape index (κ3) is 4.46. The van der Waals surface area contributed by atoms with Crippen LogP contribution in [0, 0.1) is 5.92 Å². The first-order valence-electron chi connectivity index (χ1n) is 7.49. The molecule has 0 bridgehead atoms. The Bertz CT molecular complexity index is 511. The van der Waals surface area contributed by atoms with Crippen LogP contribution in [0.15, 0.2) is 18.6 Å². The SMILES string of the molecule is COCCN(CCOC)C(=O)C1CN(C(=O)c2cnccn2)C1. The fourth-order valence-electron chi connectivity index (χ4n) is 2.37. The Labute approximate surface area is 135 Å². The number of carbonyl (C=O) groups excluding carboxylic acids is 2. The van der Waals surface area contributed by atoms with Crippen LogP contribution in [0.4, 0.5) is 0 Å². The van der Waals surface area contributed by atoms with Gasteiger partial charge in [0.25, 0.3) is 5.91 Å². The minimum Gasteiger partial charge on any atom is -0.383 e. The number of hydrogen-bond acceptors (Lipinski definition) is 6. The second-order valence-electron chi connectivity index (χ2n) is 5.31. The Morgan fingerprint density at radius 3 is 2.39 bits per heavy atom. The zero-order valence-electron chi connectivity index (χ0n) is 13.5. The topological polar surface area (TPSA) is 84.9 Å². The maximum atomic E-state index is 12.5. The molecule has 0 aliphatic carbocycles. The van der Waals surface area contributed by atoms with E-state index in [9.17, 15) is 9.59 Å². The van der Waals surface area contributed by atoms with Gasteiger partial charge in [0.2, 0.25) is 5.91 Å². The molecule has 0 spiro atoms. The average Bonchev–Trinajstić information content (AvgIpc) is 2.54. The van der Waals surface area contributed by atoms with Gasteiger partial charge in [-0.05, 0) is 0 Å². The lowest BCUT2D eigenvalue weighted by atomic mass is 9.98. The number of rotatable bonds is 8. The Hall–Kier alpha value is -2.06. The lowest BCUT2D eigenvalue weighted by Crippen LogP contribution is -2.57. The predicted octanol–water partition coefficient (Wildman–Crippen LogP) is -0.330. The van der Waals surface area contributed by atoms with E-state index in [1.807, 2.05) is 0 Å². The Morgan fingerprint density at radius 1 is 1.22 bits per heavy atom. The number of carbonyl (C=O) groups is 2. The second-order valence-corrected chi connectivity index (χ2v) is 5.31. The van der Waals surface area contributed by atoms with Crippen LogP contribution in [0.2, 0.25) is 0 Å². The molecule has 0 saturated carbocycles. The van der Waals surface area contributed by atoms with Crippen molar-refractivity contribution in [2.75, 3.05) is 53.6 Å². The van der Waals surface area contributed by atoms with Gasteiger partial charge in [0.1, 0.15) is 5.69 Å². The molecule has 1 saturated heterocycles. The Kier molecular flexibility index (Phi) is 6.42. The smallest absolute Gasteiger partial charge is 0.274 e. The van der Waals surface area contributed by atoms with Gasteiger partial charge in [0, 0.05) is 52.8 Å². The molecule has 8 heteroatoms. The van der Waals surface area contributed by atoms with Crippen LogP contribution in [0.5, 0.6) is 0 Å². The molecule has 0 radical (unpaired) electrons. The zero-order chi connectivity index (χ0) is 16.7. The quantitative estimate of drug-likeness (QED) is 0.651.